The van der Waals surface area contributed by atoms with Crippen LogP contribution in [-0.2, 0) is 39.9 Å². The van der Waals surface area contributed by atoms with Crippen LogP contribution in [0.25, 0.3) is 0 Å². The van der Waals surface area contributed by atoms with Gasteiger partial charge in [-0.2, -0.15) is 4.39 Å². The molecule has 228 valence electrons. The molecule has 1 saturated heterocycles. The standard InChI is InChI=1S/C22H33ClF2N3O9PS2/c1-11(2)36-17(31)12(3)27-38(39,34-7-8-40-19(32)21(4,5)6)35-10-14-15(29)22(23,25)18(37-14)28-9-13(24)16(30)26-20(28)33/h9,11-12,14-15,18,29H,7-8,10H2,1-6H3,(H,27,39)(H,26,30,33)/t12-,14-,15-,18-,22-,38?/m1/s1. The van der Waals surface area contributed by atoms with Crippen molar-refractivity contribution in [2.24, 2.45) is 5.41 Å². The topological polar surface area (TPSA) is 158 Å². The van der Waals surface area contributed by atoms with Crippen LogP contribution in [-0.4, -0.2) is 74.2 Å². The van der Waals surface area contributed by atoms with E-state index < -0.39 is 77.4 Å². The minimum absolute atomic E-state index is 0.0754. The zero-order valence-corrected chi connectivity index (χ0v) is 25.9. The van der Waals surface area contributed by atoms with Crippen molar-refractivity contribution in [3.63, 3.8) is 0 Å². The number of hydrogen-bond acceptors (Lipinski definition) is 11. The Morgan fingerprint density at radius 2 is 1.98 bits per heavy atom. The zero-order chi connectivity index (χ0) is 30.6. The summed E-state index contributed by atoms with van der Waals surface area (Å²) in [7, 11) is 0. The number of nitrogens with one attached hydrogen (secondary N) is 2. The fourth-order valence-electron chi connectivity index (χ4n) is 3.16. The molecule has 2 rings (SSSR count). The Kier molecular flexibility index (Phi) is 12.1. The Morgan fingerprint density at radius 3 is 2.55 bits per heavy atom. The molecule has 12 nitrogen and oxygen atoms in total. The number of nitrogens with zero attached hydrogens (tertiary/aromatic N) is 1. The van der Waals surface area contributed by atoms with Crippen LogP contribution in [0.5, 0.6) is 0 Å². The number of aromatic nitrogens is 2. The third kappa shape index (κ3) is 9.13. The number of thioether (sulfide) groups is 1. The van der Waals surface area contributed by atoms with Crippen molar-refractivity contribution in [2.75, 3.05) is 19.0 Å². The lowest BCUT2D eigenvalue weighted by atomic mass is 10.00. The second-order valence-corrected chi connectivity index (χ2v) is 15.0. The Hall–Kier alpha value is -1.23. The quantitative estimate of drug-likeness (QED) is 0.131. The number of H-pyrrole nitrogens is 1. The maximum Gasteiger partial charge on any atom is 0.330 e. The summed E-state index contributed by atoms with van der Waals surface area (Å²) in [5.41, 5.74) is -3.16. The average molecular weight is 652 g/mol. The highest BCUT2D eigenvalue weighted by molar-refractivity contribution is 8.13. The van der Waals surface area contributed by atoms with Gasteiger partial charge >= 0.3 is 11.7 Å². The fourth-order valence-corrected chi connectivity index (χ4v) is 6.72. The van der Waals surface area contributed by atoms with E-state index in [1.165, 1.54) is 6.92 Å². The number of rotatable bonds is 12. The van der Waals surface area contributed by atoms with E-state index in [1.54, 1.807) is 39.6 Å². The lowest BCUT2D eigenvalue weighted by molar-refractivity contribution is -0.149. The van der Waals surface area contributed by atoms with Crippen LogP contribution in [0.2, 0.25) is 0 Å². The SMILES string of the molecule is CC(C)OC(=O)[C@@H](C)NP(=S)(OCCSC(=O)C(C)(C)C)OC[C@H]1O[C@@H](n2cc(F)c(=O)[nH]c2=O)[C@@](F)(Cl)[C@@H]1O. The van der Waals surface area contributed by atoms with Crippen molar-refractivity contribution in [1.29, 1.82) is 0 Å². The highest BCUT2D eigenvalue weighted by atomic mass is 35.5. The van der Waals surface area contributed by atoms with E-state index in [-0.39, 0.29) is 17.5 Å². The molecule has 18 heteroatoms. The number of aliphatic hydroxyl groups excluding tert-OH is 1. The lowest BCUT2D eigenvalue weighted by Gasteiger charge is -2.28. The number of carbonyl (C=O) groups excluding carboxylic acids is 2. The van der Waals surface area contributed by atoms with E-state index in [0.29, 0.717) is 10.8 Å². The largest absolute Gasteiger partial charge is 0.462 e. The molecule has 1 aromatic heterocycles. The molecule has 0 bridgehead atoms. The smallest absolute Gasteiger partial charge is 0.330 e. The number of ether oxygens (including phenoxy) is 2. The lowest BCUT2D eigenvalue weighted by Crippen LogP contribution is -2.42. The molecule has 40 heavy (non-hydrogen) atoms. The summed E-state index contributed by atoms with van der Waals surface area (Å²) in [4.78, 5) is 49.6. The van der Waals surface area contributed by atoms with Crippen LogP contribution in [0.1, 0.15) is 47.8 Å². The highest BCUT2D eigenvalue weighted by Crippen LogP contribution is 2.48. The van der Waals surface area contributed by atoms with Crippen molar-refractivity contribution in [1.82, 2.24) is 14.6 Å². The molecule has 0 spiro atoms. The van der Waals surface area contributed by atoms with Crippen LogP contribution >= 0.6 is 30.0 Å². The maximum absolute atomic E-state index is 15.3. The second-order valence-electron chi connectivity index (χ2n) is 10.1. The predicted octanol–water partition coefficient (Wildman–Crippen LogP) is 2.33. The number of aliphatic hydroxyl groups is 1. The summed E-state index contributed by atoms with van der Waals surface area (Å²) >= 11 is 12.4. The van der Waals surface area contributed by atoms with Gasteiger partial charge < -0.3 is 23.6 Å². The molecular formula is C22H33ClF2N3O9PS2. The molecule has 1 unspecified atom stereocenters. The Morgan fingerprint density at radius 1 is 1.35 bits per heavy atom. The molecule has 1 aromatic rings. The second kappa shape index (κ2) is 13.8. The molecule has 0 aliphatic carbocycles. The van der Waals surface area contributed by atoms with E-state index in [1.807, 2.05) is 0 Å². The predicted molar refractivity (Wildman–Crippen MR) is 148 cm³/mol. The molecule has 0 amide bonds. The monoisotopic (exact) mass is 651 g/mol. The summed E-state index contributed by atoms with van der Waals surface area (Å²) < 4.78 is 51.4. The number of esters is 1. The van der Waals surface area contributed by atoms with Crippen molar-refractivity contribution in [3.05, 3.63) is 32.9 Å². The molecule has 1 aliphatic rings. The van der Waals surface area contributed by atoms with Gasteiger partial charge in [-0.05, 0) is 32.6 Å². The first-order valence-electron chi connectivity index (χ1n) is 12.1. The van der Waals surface area contributed by atoms with Crippen LogP contribution in [0.4, 0.5) is 8.78 Å². The van der Waals surface area contributed by atoms with Crippen molar-refractivity contribution < 1.29 is 42.0 Å². The summed E-state index contributed by atoms with van der Waals surface area (Å²) in [6.45, 7) is 5.75. The summed E-state index contributed by atoms with van der Waals surface area (Å²) in [6, 6.07) is -1.00. The number of alkyl halides is 2. The fraction of sp³-hybridized carbons (Fsp3) is 0.727. The molecule has 2 heterocycles. The molecule has 0 radical (unpaired) electrons. The third-order valence-electron chi connectivity index (χ3n) is 5.21. The minimum atomic E-state index is -3.58. The van der Waals surface area contributed by atoms with Crippen LogP contribution in [0, 0.1) is 11.2 Å². The molecule has 3 N–H and O–H groups in total. The Balaban J connectivity index is 2.19. The number of aromatic amines is 1. The van der Waals surface area contributed by atoms with Crippen molar-refractivity contribution in [3.8, 4) is 0 Å². The molecule has 0 aromatic carbocycles. The number of carbonyl (C=O) groups is 2. The molecular weight excluding hydrogens is 619 g/mol. The van der Waals surface area contributed by atoms with E-state index >= 15 is 4.39 Å². The maximum atomic E-state index is 15.3. The van der Waals surface area contributed by atoms with Gasteiger partial charge in [0, 0.05) is 11.2 Å². The Labute approximate surface area is 243 Å². The van der Waals surface area contributed by atoms with Gasteiger partial charge in [-0.1, -0.05) is 44.1 Å². The first-order chi connectivity index (χ1) is 18.3. The third-order valence-corrected chi connectivity index (χ3v) is 9.53. The average Bonchev–Trinajstić information content (AvgIpc) is 3.05. The number of halogens is 3. The van der Waals surface area contributed by atoms with E-state index in [2.05, 4.69) is 5.09 Å². The van der Waals surface area contributed by atoms with Gasteiger partial charge in [0.2, 0.25) is 5.82 Å². The first-order valence-corrected chi connectivity index (χ1v) is 16.1. The summed E-state index contributed by atoms with van der Waals surface area (Å²) in [5.74, 6) is -1.87. The van der Waals surface area contributed by atoms with Gasteiger partial charge in [-0.3, -0.25) is 23.9 Å². The zero-order valence-electron chi connectivity index (χ0n) is 22.6. The molecule has 1 aliphatic heterocycles. The summed E-state index contributed by atoms with van der Waals surface area (Å²) in [5, 5.41) is 10.0. The van der Waals surface area contributed by atoms with Crippen LogP contribution in [0.15, 0.2) is 15.8 Å². The minimum Gasteiger partial charge on any atom is -0.462 e. The molecule has 0 saturated carbocycles. The molecule has 1 fully saturated rings. The number of hydrogen-bond donors (Lipinski definition) is 3. The van der Waals surface area contributed by atoms with Gasteiger partial charge in [-0.15, -0.1) is 0 Å². The van der Waals surface area contributed by atoms with Crippen molar-refractivity contribution in [2.45, 2.75) is 77.3 Å². The molecule has 6 atom stereocenters. The van der Waals surface area contributed by atoms with Crippen molar-refractivity contribution >= 4 is 52.9 Å². The van der Waals surface area contributed by atoms with Crippen LogP contribution < -0.4 is 16.3 Å². The van der Waals surface area contributed by atoms with E-state index in [0.717, 1.165) is 11.8 Å². The first kappa shape index (κ1) is 35.0. The Bertz CT molecular complexity index is 1240. The van der Waals surface area contributed by atoms with Gasteiger partial charge in [0.25, 0.3) is 17.3 Å². The highest BCUT2D eigenvalue weighted by Gasteiger charge is 2.58. The van der Waals surface area contributed by atoms with Crippen LogP contribution in [0.3, 0.4) is 0 Å². The normalized spacial score (nSPS) is 25.5. The van der Waals surface area contributed by atoms with E-state index in [9.17, 15) is 28.7 Å². The van der Waals surface area contributed by atoms with E-state index in [4.69, 9.17) is 41.9 Å². The van der Waals surface area contributed by atoms with Gasteiger partial charge in [-0.25, -0.2) is 14.3 Å². The van der Waals surface area contributed by atoms with Gasteiger partial charge in [0.15, 0.2) is 11.3 Å². The van der Waals surface area contributed by atoms with Gasteiger partial charge in [0.1, 0.15) is 18.2 Å². The summed E-state index contributed by atoms with van der Waals surface area (Å²) in [6.07, 6.45) is -5.72. The van der Waals surface area contributed by atoms with Gasteiger partial charge in [0.05, 0.1) is 25.5 Å².